The van der Waals surface area contributed by atoms with E-state index in [1.807, 2.05) is 54.6 Å². The molecular weight excluding hydrogens is 432 g/mol. The molecule has 0 radical (unpaired) electrons. The van der Waals surface area contributed by atoms with Crippen molar-refractivity contribution in [1.82, 2.24) is 10.3 Å². The SMILES string of the molecule is CC(NC(=O)Cc1c(CS(C)(=O)=O)c(-c2ccccc2)nc2ccccc12)C1CCCCC1. The summed E-state index contributed by atoms with van der Waals surface area (Å²) in [5, 5.41) is 4.03. The van der Waals surface area contributed by atoms with Gasteiger partial charge >= 0.3 is 0 Å². The lowest BCUT2D eigenvalue weighted by Gasteiger charge is -2.28. The average molecular weight is 465 g/mol. The first-order chi connectivity index (χ1) is 15.8. The first kappa shape index (κ1) is 23.4. The van der Waals surface area contributed by atoms with Crippen LogP contribution in [0.1, 0.15) is 50.2 Å². The van der Waals surface area contributed by atoms with Crippen LogP contribution >= 0.6 is 0 Å². The molecule has 0 bridgehead atoms. The van der Waals surface area contributed by atoms with Crippen molar-refractivity contribution < 1.29 is 13.2 Å². The summed E-state index contributed by atoms with van der Waals surface area (Å²) < 4.78 is 24.8. The van der Waals surface area contributed by atoms with Crippen molar-refractivity contribution in [2.75, 3.05) is 6.26 Å². The van der Waals surface area contributed by atoms with Crippen LogP contribution in [0.25, 0.3) is 22.2 Å². The van der Waals surface area contributed by atoms with Gasteiger partial charge in [0.15, 0.2) is 9.84 Å². The van der Waals surface area contributed by atoms with Crippen molar-refractivity contribution >= 4 is 26.6 Å². The summed E-state index contributed by atoms with van der Waals surface area (Å²) in [6, 6.07) is 17.4. The third-order valence-electron chi connectivity index (χ3n) is 6.65. The van der Waals surface area contributed by atoms with Gasteiger partial charge < -0.3 is 5.32 Å². The first-order valence-corrected chi connectivity index (χ1v) is 13.8. The Bertz CT molecular complexity index is 1230. The van der Waals surface area contributed by atoms with Gasteiger partial charge in [0.25, 0.3) is 0 Å². The number of sulfone groups is 1. The standard InChI is InChI=1S/C27H32N2O3S/c1-19(20-11-5-3-6-12-20)28-26(30)17-23-22-15-9-10-16-25(22)29-27(21-13-7-4-8-14-21)24(23)18-33(2,31)32/h4,7-10,13-16,19-20H,3,5-6,11-12,17-18H2,1-2H3,(H,28,30). The summed E-state index contributed by atoms with van der Waals surface area (Å²) in [6.45, 7) is 2.09. The fourth-order valence-electron chi connectivity index (χ4n) is 4.99. The zero-order valence-electron chi connectivity index (χ0n) is 19.4. The topological polar surface area (TPSA) is 76.1 Å². The van der Waals surface area contributed by atoms with Crippen molar-refractivity contribution in [2.45, 2.75) is 57.2 Å². The molecule has 3 aromatic rings. The maximum absolute atomic E-state index is 13.2. The maximum Gasteiger partial charge on any atom is 0.224 e. The number of rotatable bonds is 7. The maximum atomic E-state index is 13.2. The highest BCUT2D eigenvalue weighted by Gasteiger charge is 2.24. The molecule has 2 aromatic carbocycles. The summed E-state index contributed by atoms with van der Waals surface area (Å²) >= 11 is 0. The smallest absolute Gasteiger partial charge is 0.224 e. The second-order valence-electron chi connectivity index (χ2n) is 9.30. The minimum Gasteiger partial charge on any atom is -0.353 e. The molecule has 174 valence electrons. The molecular formula is C27H32N2O3S. The molecule has 0 aliphatic heterocycles. The molecule has 1 fully saturated rings. The number of hydrogen-bond donors (Lipinski definition) is 1. The number of amides is 1. The number of aromatic nitrogens is 1. The first-order valence-electron chi connectivity index (χ1n) is 11.7. The van der Waals surface area contributed by atoms with Crippen LogP contribution in [0.4, 0.5) is 0 Å². The lowest BCUT2D eigenvalue weighted by molar-refractivity contribution is -0.121. The predicted molar refractivity (Wildman–Crippen MR) is 134 cm³/mol. The third kappa shape index (κ3) is 5.80. The molecule has 1 N–H and O–H groups in total. The Balaban J connectivity index is 1.76. The fourth-order valence-corrected chi connectivity index (χ4v) is 5.83. The molecule has 1 aromatic heterocycles. The van der Waals surface area contributed by atoms with Gasteiger partial charge in [0.1, 0.15) is 0 Å². The minimum atomic E-state index is -3.35. The molecule has 33 heavy (non-hydrogen) atoms. The van der Waals surface area contributed by atoms with Crippen LogP contribution in [-0.4, -0.2) is 31.6 Å². The van der Waals surface area contributed by atoms with E-state index in [4.69, 9.17) is 4.98 Å². The Hall–Kier alpha value is -2.73. The molecule has 1 saturated carbocycles. The molecule has 1 aliphatic carbocycles. The number of carbonyl (C=O) groups is 1. The number of carbonyl (C=O) groups excluding carboxylic acids is 1. The van der Waals surface area contributed by atoms with Crippen molar-refractivity contribution in [3.63, 3.8) is 0 Å². The number of nitrogens with one attached hydrogen (secondary N) is 1. The van der Waals surface area contributed by atoms with Gasteiger partial charge in [-0.2, -0.15) is 0 Å². The van der Waals surface area contributed by atoms with Crippen LogP contribution < -0.4 is 5.32 Å². The average Bonchev–Trinajstić information content (AvgIpc) is 2.80. The van der Waals surface area contributed by atoms with Gasteiger partial charge in [-0.25, -0.2) is 13.4 Å². The highest BCUT2D eigenvalue weighted by atomic mass is 32.2. The van der Waals surface area contributed by atoms with Gasteiger partial charge in [0, 0.05) is 23.2 Å². The van der Waals surface area contributed by atoms with Crippen molar-refractivity contribution in [3.05, 3.63) is 65.7 Å². The van der Waals surface area contributed by atoms with Crippen LogP contribution in [0.5, 0.6) is 0 Å². The highest BCUT2D eigenvalue weighted by molar-refractivity contribution is 7.89. The molecule has 0 saturated heterocycles. The number of benzene rings is 2. The van der Waals surface area contributed by atoms with Gasteiger partial charge in [-0.1, -0.05) is 67.8 Å². The van der Waals surface area contributed by atoms with E-state index >= 15 is 0 Å². The Morgan fingerprint density at radius 2 is 1.67 bits per heavy atom. The summed E-state index contributed by atoms with van der Waals surface area (Å²) in [5.74, 6) is 0.279. The van der Waals surface area contributed by atoms with E-state index in [1.165, 1.54) is 25.5 Å². The Kier molecular flexibility index (Phi) is 7.13. The minimum absolute atomic E-state index is 0.0711. The van der Waals surface area contributed by atoms with Gasteiger partial charge in [0.2, 0.25) is 5.91 Å². The number of nitrogens with zero attached hydrogens (tertiary/aromatic N) is 1. The second-order valence-corrected chi connectivity index (χ2v) is 11.4. The molecule has 4 rings (SSSR count). The third-order valence-corrected chi connectivity index (χ3v) is 7.46. The number of para-hydroxylation sites is 1. The lowest BCUT2D eigenvalue weighted by atomic mass is 9.84. The fraction of sp³-hybridized carbons (Fsp3) is 0.407. The Morgan fingerprint density at radius 3 is 2.36 bits per heavy atom. The summed E-state index contributed by atoms with van der Waals surface area (Å²) in [5.41, 5.74) is 3.60. The van der Waals surface area contributed by atoms with Crippen LogP contribution in [0.3, 0.4) is 0 Å². The van der Waals surface area contributed by atoms with Crippen LogP contribution in [0.2, 0.25) is 0 Å². The number of fused-ring (bicyclic) bond motifs is 1. The van der Waals surface area contributed by atoms with Crippen molar-refractivity contribution in [3.8, 4) is 11.3 Å². The molecule has 1 unspecified atom stereocenters. The molecule has 0 spiro atoms. The quantitative estimate of drug-likeness (QED) is 0.529. The van der Waals surface area contributed by atoms with Gasteiger partial charge in [0.05, 0.1) is 23.4 Å². The predicted octanol–water partition coefficient (Wildman–Crippen LogP) is 5.07. The van der Waals surface area contributed by atoms with E-state index in [2.05, 4.69) is 12.2 Å². The normalized spacial score (nSPS) is 15.9. The highest BCUT2D eigenvalue weighted by Crippen LogP contribution is 2.32. The van der Waals surface area contributed by atoms with E-state index < -0.39 is 9.84 Å². The van der Waals surface area contributed by atoms with E-state index in [1.54, 1.807) is 0 Å². The zero-order chi connectivity index (χ0) is 23.4. The van der Waals surface area contributed by atoms with Crippen LogP contribution in [0.15, 0.2) is 54.6 Å². The van der Waals surface area contributed by atoms with E-state index in [9.17, 15) is 13.2 Å². The molecule has 1 amide bonds. The molecule has 6 heteroatoms. The van der Waals surface area contributed by atoms with Crippen LogP contribution in [0, 0.1) is 5.92 Å². The summed E-state index contributed by atoms with van der Waals surface area (Å²) in [7, 11) is -3.35. The van der Waals surface area contributed by atoms with Gasteiger partial charge in [-0.3, -0.25) is 4.79 Å². The zero-order valence-corrected chi connectivity index (χ0v) is 20.2. The molecule has 5 nitrogen and oxygen atoms in total. The lowest BCUT2D eigenvalue weighted by Crippen LogP contribution is -2.39. The molecule has 1 aliphatic rings. The Morgan fingerprint density at radius 1 is 1.00 bits per heavy atom. The van der Waals surface area contributed by atoms with E-state index in [0.29, 0.717) is 17.2 Å². The molecule has 1 heterocycles. The monoisotopic (exact) mass is 464 g/mol. The Labute approximate surface area is 196 Å². The van der Waals surface area contributed by atoms with Gasteiger partial charge in [-0.05, 0) is 42.9 Å². The van der Waals surface area contributed by atoms with Crippen molar-refractivity contribution in [1.29, 1.82) is 0 Å². The summed E-state index contributed by atoms with van der Waals surface area (Å²) in [4.78, 5) is 18.0. The molecule has 1 atom stereocenters. The summed E-state index contributed by atoms with van der Waals surface area (Å²) in [6.07, 6.45) is 7.37. The number of hydrogen-bond acceptors (Lipinski definition) is 4. The van der Waals surface area contributed by atoms with E-state index in [-0.39, 0.29) is 24.1 Å². The van der Waals surface area contributed by atoms with Crippen LogP contribution in [-0.2, 0) is 26.8 Å². The number of pyridine rings is 1. The van der Waals surface area contributed by atoms with Gasteiger partial charge in [-0.15, -0.1) is 0 Å². The second kappa shape index (κ2) is 10.0. The van der Waals surface area contributed by atoms with E-state index in [0.717, 1.165) is 34.9 Å². The van der Waals surface area contributed by atoms with Crippen molar-refractivity contribution in [2.24, 2.45) is 5.92 Å². The largest absolute Gasteiger partial charge is 0.353 e.